The smallest absolute Gasteiger partial charge is 0.165 e. The summed E-state index contributed by atoms with van der Waals surface area (Å²) < 4.78 is 18.1. The number of benzene rings is 1. The molecule has 0 aliphatic carbocycles. The van der Waals surface area contributed by atoms with Crippen molar-refractivity contribution in [2.24, 2.45) is 5.73 Å². The summed E-state index contributed by atoms with van der Waals surface area (Å²) in [6, 6.07) is 4.68. The molecular formula is C11H11FN2OS. The lowest BCUT2D eigenvalue weighted by Crippen LogP contribution is -1.95. The minimum atomic E-state index is -0.373. The van der Waals surface area contributed by atoms with E-state index in [4.69, 9.17) is 10.5 Å². The highest BCUT2D eigenvalue weighted by atomic mass is 32.1. The van der Waals surface area contributed by atoms with Gasteiger partial charge in [-0.2, -0.15) is 0 Å². The van der Waals surface area contributed by atoms with Gasteiger partial charge in [0.25, 0.3) is 0 Å². The molecule has 0 fully saturated rings. The molecule has 0 saturated heterocycles. The number of aromatic nitrogens is 1. The fourth-order valence-electron chi connectivity index (χ4n) is 1.33. The zero-order valence-corrected chi connectivity index (χ0v) is 9.55. The largest absolute Gasteiger partial charge is 0.494 e. The minimum absolute atomic E-state index is 0.224. The molecule has 84 valence electrons. The molecule has 0 saturated carbocycles. The molecule has 2 N–H and O–H groups in total. The van der Waals surface area contributed by atoms with E-state index in [1.165, 1.54) is 24.5 Å². The van der Waals surface area contributed by atoms with Crippen molar-refractivity contribution in [2.75, 3.05) is 7.11 Å². The van der Waals surface area contributed by atoms with Crippen molar-refractivity contribution in [3.8, 4) is 16.3 Å². The summed E-state index contributed by atoms with van der Waals surface area (Å²) in [6.45, 7) is 0.412. The number of ether oxygens (including phenoxy) is 1. The molecule has 0 bridgehead atoms. The minimum Gasteiger partial charge on any atom is -0.494 e. The summed E-state index contributed by atoms with van der Waals surface area (Å²) in [4.78, 5) is 4.32. The summed E-state index contributed by atoms with van der Waals surface area (Å²) in [5, 5.41) is 2.71. The molecule has 0 atom stereocenters. The second-order valence-corrected chi connectivity index (χ2v) is 4.06. The average molecular weight is 238 g/mol. The average Bonchev–Trinajstić information content (AvgIpc) is 2.78. The van der Waals surface area contributed by atoms with Crippen LogP contribution in [0.3, 0.4) is 0 Å². The van der Waals surface area contributed by atoms with Crippen molar-refractivity contribution in [3.05, 3.63) is 35.1 Å². The highest BCUT2D eigenvalue weighted by Crippen LogP contribution is 2.28. The Hall–Kier alpha value is -1.46. The van der Waals surface area contributed by atoms with E-state index in [-0.39, 0.29) is 11.6 Å². The standard InChI is InChI=1S/C11H11FN2OS/c1-15-10-4-7(2-3-9(10)12)11-14-8(5-13)6-16-11/h2-4,6H,5,13H2,1H3. The molecule has 1 heterocycles. The first-order chi connectivity index (χ1) is 7.74. The summed E-state index contributed by atoms with van der Waals surface area (Å²) in [5.41, 5.74) is 7.15. The van der Waals surface area contributed by atoms with Crippen molar-refractivity contribution >= 4 is 11.3 Å². The molecule has 2 aromatic rings. The number of thiazole rings is 1. The molecule has 1 aromatic carbocycles. The van der Waals surface area contributed by atoms with Gasteiger partial charge in [-0.05, 0) is 18.2 Å². The van der Waals surface area contributed by atoms with Gasteiger partial charge >= 0.3 is 0 Å². The lowest BCUT2D eigenvalue weighted by molar-refractivity contribution is 0.387. The van der Waals surface area contributed by atoms with Gasteiger partial charge in [0.2, 0.25) is 0 Å². The predicted octanol–water partition coefficient (Wildman–Crippen LogP) is 2.42. The Bertz CT molecular complexity index is 498. The van der Waals surface area contributed by atoms with Gasteiger partial charge in [0.1, 0.15) is 5.01 Å². The first-order valence-electron chi connectivity index (χ1n) is 4.73. The zero-order valence-electron chi connectivity index (χ0n) is 8.74. The molecule has 0 aliphatic rings. The molecule has 16 heavy (non-hydrogen) atoms. The summed E-state index contributed by atoms with van der Waals surface area (Å²) in [7, 11) is 1.44. The van der Waals surface area contributed by atoms with Crippen LogP contribution in [0.4, 0.5) is 4.39 Å². The van der Waals surface area contributed by atoms with Crippen LogP contribution in [0.25, 0.3) is 10.6 Å². The van der Waals surface area contributed by atoms with Gasteiger partial charge in [-0.1, -0.05) is 0 Å². The number of hydrogen-bond acceptors (Lipinski definition) is 4. The monoisotopic (exact) mass is 238 g/mol. The summed E-state index contributed by atoms with van der Waals surface area (Å²) in [6.07, 6.45) is 0. The van der Waals surface area contributed by atoms with Crippen LogP contribution in [0.15, 0.2) is 23.6 Å². The number of methoxy groups -OCH3 is 1. The Kier molecular flexibility index (Phi) is 3.17. The van der Waals surface area contributed by atoms with Crippen molar-refractivity contribution in [1.29, 1.82) is 0 Å². The van der Waals surface area contributed by atoms with Crippen LogP contribution in [-0.4, -0.2) is 12.1 Å². The molecule has 0 radical (unpaired) electrons. The van der Waals surface area contributed by atoms with Crippen LogP contribution in [0.1, 0.15) is 5.69 Å². The van der Waals surface area contributed by atoms with Crippen molar-refractivity contribution in [2.45, 2.75) is 6.54 Å². The van der Waals surface area contributed by atoms with Crippen molar-refractivity contribution in [1.82, 2.24) is 4.98 Å². The van der Waals surface area contributed by atoms with Crippen molar-refractivity contribution < 1.29 is 9.13 Å². The van der Waals surface area contributed by atoms with E-state index in [0.29, 0.717) is 6.54 Å². The van der Waals surface area contributed by atoms with Gasteiger partial charge in [-0.15, -0.1) is 11.3 Å². The van der Waals surface area contributed by atoms with Crippen molar-refractivity contribution in [3.63, 3.8) is 0 Å². The van der Waals surface area contributed by atoms with E-state index in [1.54, 1.807) is 12.1 Å². The summed E-state index contributed by atoms with van der Waals surface area (Å²) >= 11 is 1.48. The third-order valence-corrected chi connectivity index (χ3v) is 3.10. The van der Waals surface area contributed by atoms with E-state index in [9.17, 15) is 4.39 Å². The lowest BCUT2D eigenvalue weighted by Gasteiger charge is -2.03. The van der Waals surface area contributed by atoms with Gasteiger partial charge in [0.15, 0.2) is 11.6 Å². The van der Waals surface area contributed by atoms with E-state index in [1.807, 2.05) is 5.38 Å². The van der Waals surface area contributed by atoms with Crippen LogP contribution in [-0.2, 0) is 6.54 Å². The molecule has 0 amide bonds. The van der Waals surface area contributed by atoms with Crippen LogP contribution in [0, 0.1) is 5.82 Å². The second kappa shape index (κ2) is 4.59. The quantitative estimate of drug-likeness (QED) is 0.893. The van der Waals surface area contributed by atoms with Gasteiger partial charge in [0.05, 0.1) is 12.8 Å². The van der Waals surface area contributed by atoms with E-state index >= 15 is 0 Å². The Balaban J connectivity index is 2.40. The maximum absolute atomic E-state index is 13.2. The maximum Gasteiger partial charge on any atom is 0.165 e. The highest BCUT2D eigenvalue weighted by molar-refractivity contribution is 7.13. The van der Waals surface area contributed by atoms with Crippen LogP contribution in [0.5, 0.6) is 5.75 Å². The van der Waals surface area contributed by atoms with E-state index in [0.717, 1.165) is 16.3 Å². The van der Waals surface area contributed by atoms with Gasteiger partial charge in [-0.25, -0.2) is 9.37 Å². The molecule has 5 heteroatoms. The Labute approximate surface area is 96.7 Å². The van der Waals surface area contributed by atoms with Gasteiger partial charge < -0.3 is 10.5 Å². The molecular weight excluding hydrogens is 227 g/mol. The SMILES string of the molecule is COc1cc(-c2nc(CN)cs2)ccc1F. The van der Waals surface area contributed by atoms with E-state index in [2.05, 4.69) is 4.98 Å². The molecule has 2 rings (SSSR count). The zero-order chi connectivity index (χ0) is 11.5. The number of nitrogens with zero attached hydrogens (tertiary/aromatic N) is 1. The first-order valence-corrected chi connectivity index (χ1v) is 5.61. The number of hydrogen-bond donors (Lipinski definition) is 1. The first kappa shape index (κ1) is 11.0. The fourth-order valence-corrected chi connectivity index (χ4v) is 2.16. The third kappa shape index (κ3) is 2.05. The Morgan fingerprint density at radius 2 is 2.31 bits per heavy atom. The normalized spacial score (nSPS) is 10.4. The summed E-state index contributed by atoms with van der Waals surface area (Å²) in [5.74, 6) is -0.149. The topological polar surface area (TPSA) is 48.1 Å². The third-order valence-electron chi connectivity index (χ3n) is 2.16. The molecule has 0 spiro atoms. The second-order valence-electron chi connectivity index (χ2n) is 3.20. The molecule has 1 aromatic heterocycles. The molecule has 3 nitrogen and oxygen atoms in total. The van der Waals surface area contributed by atoms with Crippen LogP contribution in [0.2, 0.25) is 0 Å². The van der Waals surface area contributed by atoms with E-state index < -0.39 is 0 Å². The molecule has 0 unspecified atom stereocenters. The Morgan fingerprint density at radius 1 is 1.50 bits per heavy atom. The van der Waals surface area contributed by atoms with Crippen LogP contribution < -0.4 is 10.5 Å². The van der Waals surface area contributed by atoms with Gasteiger partial charge in [0, 0.05) is 17.5 Å². The highest BCUT2D eigenvalue weighted by Gasteiger charge is 2.08. The Morgan fingerprint density at radius 3 is 2.94 bits per heavy atom. The predicted molar refractivity (Wildman–Crippen MR) is 62.0 cm³/mol. The van der Waals surface area contributed by atoms with Crippen LogP contribution >= 0.6 is 11.3 Å². The fraction of sp³-hybridized carbons (Fsp3) is 0.182. The number of halogens is 1. The maximum atomic E-state index is 13.2. The number of nitrogens with two attached hydrogens (primary N) is 1. The lowest BCUT2D eigenvalue weighted by atomic mass is 10.2. The molecule has 0 aliphatic heterocycles. The number of rotatable bonds is 3. The van der Waals surface area contributed by atoms with Gasteiger partial charge in [-0.3, -0.25) is 0 Å².